The second-order valence-corrected chi connectivity index (χ2v) is 10.1. The number of methoxy groups -OCH3 is 1. The molecule has 1 amide bonds. The molecule has 2 aromatic carbocycles. The summed E-state index contributed by atoms with van der Waals surface area (Å²) in [6.45, 7) is 0.491. The minimum atomic E-state index is -3.26. The number of carbonyl (C=O) groups is 1. The molecule has 1 aliphatic heterocycles. The molecule has 0 spiro atoms. The lowest BCUT2D eigenvalue weighted by atomic mass is 9.87. The smallest absolute Gasteiger partial charge is 0.251 e. The summed E-state index contributed by atoms with van der Waals surface area (Å²) in [5.74, 6) is 0.803. The lowest BCUT2D eigenvalue weighted by Gasteiger charge is -2.32. The van der Waals surface area contributed by atoms with E-state index in [1.54, 1.807) is 31.4 Å². The number of anilines is 1. The van der Waals surface area contributed by atoms with Crippen LogP contribution in [0.2, 0.25) is 0 Å². The highest BCUT2D eigenvalue weighted by atomic mass is 32.2. The van der Waals surface area contributed by atoms with Gasteiger partial charge in [0, 0.05) is 17.7 Å². The van der Waals surface area contributed by atoms with Crippen molar-refractivity contribution in [2.24, 2.45) is 0 Å². The summed E-state index contributed by atoms with van der Waals surface area (Å²) >= 11 is 0. The fourth-order valence-electron chi connectivity index (χ4n) is 4.63. The maximum Gasteiger partial charge on any atom is 0.251 e. The molecule has 30 heavy (non-hydrogen) atoms. The van der Waals surface area contributed by atoms with E-state index in [-0.39, 0.29) is 11.7 Å². The Morgan fingerprint density at radius 1 is 1.00 bits per heavy atom. The molecule has 2 aromatic rings. The Balaban J connectivity index is 1.57. The van der Waals surface area contributed by atoms with Gasteiger partial charge in [0.15, 0.2) is 0 Å². The van der Waals surface area contributed by atoms with E-state index in [2.05, 4.69) is 5.32 Å². The standard InChI is InChI=1S/C23H28N2O4S/c1-29-21-9-3-2-8-20(21)23(14-4-5-15-23)24-22(26)18-10-12-19(13-11-18)25-16-6-7-17-30(25,27)28/h2-3,8-13H,4-7,14-17H2,1H3,(H,24,26). The molecule has 160 valence electrons. The highest BCUT2D eigenvalue weighted by Gasteiger charge is 2.39. The average molecular weight is 429 g/mol. The van der Waals surface area contributed by atoms with Crippen LogP contribution in [0.5, 0.6) is 5.75 Å². The van der Waals surface area contributed by atoms with Crippen LogP contribution >= 0.6 is 0 Å². The van der Waals surface area contributed by atoms with Gasteiger partial charge in [-0.05, 0) is 56.0 Å². The molecule has 1 heterocycles. The van der Waals surface area contributed by atoms with Gasteiger partial charge in [-0.25, -0.2) is 8.42 Å². The van der Waals surface area contributed by atoms with Crippen molar-refractivity contribution in [2.45, 2.75) is 44.1 Å². The molecule has 0 unspecified atom stereocenters. The van der Waals surface area contributed by atoms with Crippen molar-refractivity contribution in [1.29, 1.82) is 0 Å². The number of nitrogens with zero attached hydrogens (tertiary/aromatic N) is 1. The quantitative estimate of drug-likeness (QED) is 0.785. The number of sulfonamides is 1. The van der Waals surface area contributed by atoms with E-state index in [0.717, 1.165) is 43.4 Å². The van der Waals surface area contributed by atoms with E-state index < -0.39 is 15.6 Å². The lowest BCUT2D eigenvalue weighted by molar-refractivity contribution is 0.0897. The van der Waals surface area contributed by atoms with Crippen LogP contribution in [0.4, 0.5) is 5.69 Å². The van der Waals surface area contributed by atoms with Crippen LogP contribution in [0.3, 0.4) is 0 Å². The van der Waals surface area contributed by atoms with Gasteiger partial charge >= 0.3 is 0 Å². The number of amides is 1. The lowest BCUT2D eigenvalue weighted by Crippen LogP contribution is -2.44. The predicted octanol–water partition coefficient (Wildman–Crippen LogP) is 3.82. The summed E-state index contributed by atoms with van der Waals surface area (Å²) in [5, 5.41) is 3.26. The zero-order valence-electron chi connectivity index (χ0n) is 17.3. The van der Waals surface area contributed by atoms with Crippen molar-refractivity contribution in [3.05, 3.63) is 59.7 Å². The second-order valence-electron chi connectivity index (χ2n) is 8.09. The van der Waals surface area contributed by atoms with Gasteiger partial charge in [-0.15, -0.1) is 0 Å². The monoisotopic (exact) mass is 428 g/mol. The molecule has 1 saturated carbocycles. The molecule has 6 nitrogen and oxygen atoms in total. The summed E-state index contributed by atoms with van der Waals surface area (Å²) in [5.41, 5.74) is 1.70. The van der Waals surface area contributed by atoms with E-state index in [0.29, 0.717) is 24.2 Å². The molecule has 0 radical (unpaired) electrons. The second kappa shape index (κ2) is 8.30. The van der Waals surface area contributed by atoms with E-state index >= 15 is 0 Å². The van der Waals surface area contributed by atoms with Gasteiger partial charge in [-0.2, -0.15) is 0 Å². The maximum atomic E-state index is 13.1. The highest BCUT2D eigenvalue weighted by Crippen LogP contribution is 2.42. The Kier molecular flexibility index (Phi) is 5.73. The molecular formula is C23H28N2O4S. The number of nitrogens with one attached hydrogen (secondary N) is 1. The van der Waals surface area contributed by atoms with Crippen LogP contribution in [0.1, 0.15) is 54.4 Å². The summed E-state index contributed by atoms with van der Waals surface area (Å²) in [6, 6.07) is 14.7. The number of para-hydroxylation sites is 1. The van der Waals surface area contributed by atoms with Gasteiger partial charge in [0.25, 0.3) is 5.91 Å². The zero-order chi connectivity index (χ0) is 21.2. The Labute approximate surface area is 178 Å². The van der Waals surface area contributed by atoms with Gasteiger partial charge in [0.1, 0.15) is 5.75 Å². The first-order chi connectivity index (χ1) is 14.5. The van der Waals surface area contributed by atoms with E-state index in [9.17, 15) is 13.2 Å². The first kappa shape index (κ1) is 20.7. The van der Waals surface area contributed by atoms with Gasteiger partial charge in [-0.1, -0.05) is 31.0 Å². The van der Waals surface area contributed by atoms with Gasteiger partial charge < -0.3 is 10.1 Å². The van der Waals surface area contributed by atoms with Gasteiger partial charge in [0.2, 0.25) is 10.0 Å². The summed E-state index contributed by atoms with van der Waals surface area (Å²) in [7, 11) is -1.61. The third kappa shape index (κ3) is 3.90. The molecule has 4 rings (SSSR count). The first-order valence-electron chi connectivity index (χ1n) is 10.5. The third-order valence-corrected chi connectivity index (χ3v) is 8.07. The Morgan fingerprint density at radius 2 is 1.70 bits per heavy atom. The molecule has 1 aliphatic carbocycles. The Hall–Kier alpha value is -2.54. The molecule has 0 bridgehead atoms. The number of carbonyl (C=O) groups excluding carboxylic acids is 1. The Morgan fingerprint density at radius 3 is 2.37 bits per heavy atom. The van der Waals surface area contributed by atoms with Gasteiger partial charge in [0.05, 0.1) is 24.1 Å². The van der Waals surface area contributed by atoms with E-state index in [1.165, 1.54) is 4.31 Å². The fourth-order valence-corrected chi connectivity index (χ4v) is 6.27. The van der Waals surface area contributed by atoms with Crippen molar-refractivity contribution in [1.82, 2.24) is 5.32 Å². The molecule has 1 saturated heterocycles. The average Bonchev–Trinajstić information content (AvgIpc) is 3.23. The molecular weight excluding hydrogens is 400 g/mol. The molecule has 2 aliphatic rings. The van der Waals surface area contributed by atoms with E-state index in [1.807, 2.05) is 24.3 Å². The minimum Gasteiger partial charge on any atom is -0.496 e. The van der Waals surface area contributed by atoms with Crippen LogP contribution in [0.15, 0.2) is 48.5 Å². The molecule has 2 fully saturated rings. The van der Waals surface area contributed by atoms with Crippen molar-refractivity contribution in [2.75, 3.05) is 23.7 Å². The predicted molar refractivity (Wildman–Crippen MR) is 117 cm³/mol. The van der Waals surface area contributed by atoms with Crippen molar-refractivity contribution in [3.63, 3.8) is 0 Å². The number of ether oxygens (including phenoxy) is 1. The minimum absolute atomic E-state index is 0.157. The van der Waals surface area contributed by atoms with Crippen molar-refractivity contribution < 1.29 is 17.9 Å². The first-order valence-corrected chi connectivity index (χ1v) is 12.1. The summed E-state index contributed by atoms with van der Waals surface area (Å²) < 4.78 is 31.7. The van der Waals surface area contributed by atoms with Crippen molar-refractivity contribution >= 4 is 21.6 Å². The molecule has 7 heteroatoms. The SMILES string of the molecule is COc1ccccc1C1(NC(=O)c2ccc(N3CCCCS3(=O)=O)cc2)CCCC1. The van der Waals surface area contributed by atoms with E-state index in [4.69, 9.17) is 4.74 Å². The maximum absolute atomic E-state index is 13.1. The van der Waals surface area contributed by atoms with Crippen LogP contribution < -0.4 is 14.4 Å². The normalized spacial score (nSPS) is 20.0. The van der Waals surface area contributed by atoms with Crippen molar-refractivity contribution in [3.8, 4) is 5.75 Å². The zero-order valence-corrected chi connectivity index (χ0v) is 18.1. The number of rotatable bonds is 5. The third-order valence-electron chi connectivity index (χ3n) is 6.20. The molecule has 0 atom stereocenters. The molecule has 0 aromatic heterocycles. The fraction of sp³-hybridized carbons (Fsp3) is 0.435. The molecule has 1 N–H and O–H groups in total. The van der Waals surface area contributed by atoms with Crippen LogP contribution in [0, 0.1) is 0 Å². The number of hydrogen-bond donors (Lipinski definition) is 1. The highest BCUT2D eigenvalue weighted by molar-refractivity contribution is 7.92. The van der Waals surface area contributed by atoms with Crippen LogP contribution in [-0.2, 0) is 15.6 Å². The Bertz CT molecular complexity index is 1010. The summed E-state index contributed by atoms with van der Waals surface area (Å²) in [6.07, 6.45) is 5.37. The van der Waals surface area contributed by atoms with Crippen LogP contribution in [0.25, 0.3) is 0 Å². The topological polar surface area (TPSA) is 75.7 Å². The largest absolute Gasteiger partial charge is 0.496 e. The number of hydrogen-bond acceptors (Lipinski definition) is 4. The summed E-state index contributed by atoms with van der Waals surface area (Å²) in [4.78, 5) is 13.1. The van der Waals surface area contributed by atoms with Gasteiger partial charge in [-0.3, -0.25) is 9.10 Å². The number of benzene rings is 2. The van der Waals surface area contributed by atoms with Crippen LogP contribution in [-0.4, -0.2) is 33.7 Å².